The molecule has 0 saturated heterocycles. The molecule has 20 heavy (non-hydrogen) atoms. The summed E-state index contributed by atoms with van der Waals surface area (Å²) in [4.78, 5) is 1.28. The van der Waals surface area contributed by atoms with Gasteiger partial charge in [-0.05, 0) is 25.7 Å². The average Bonchev–Trinajstić information content (AvgIpc) is 2.86. The number of hydrogen-bond acceptors (Lipinski definition) is 1. The summed E-state index contributed by atoms with van der Waals surface area (Å²) in [7, 11) is 0. The molecular formula is C18H24NS+. The molecule has 0 bridgehead atoms. The third kappa shape index (κ3) is 2.42. The van der Waals surface area contributed by atoms with E-state index in [9.17, 15) is 0 Å². The van der Waals surface area contributed by atoms with Gasteiger partial charge in [0.05, 0.1) is 4.88 Å². The van der Waals surface area contributed by atoms with Crippen LogP contribution in [0.15, 0.2) is 24.3 Å². The van der Waals surface area contributed by atoms with E-state index < -0.39 is 6.85 Å². The van der Waals surface area contributed by atoms with E-state index in [-0.39, 0.29) is 0 Å². The Morgan fingerprint density at radius 1 is 1.15 bits per heavy atom. The number of aryl methyl sites for hydroxylation is 2. The summed E-state index contributed by atoms with van der Waals surface area (Å²) in [5, 5.41) is 0.491. The Morgan fingerprint density at radius 3 is 2.60 bits per heavy atom. The van der Waals surface area contributed by atoms with Crippen LogP contribution in [-0.2, 0) is 0 Å². The smallest absolute Gasteiger partial charge is 0.152 e. The van der Waals surface area contributed by atoms with E-state index in [1.807, 2.05) is 35.8 Å². The summed E-state index contributed by atoms with van der Waals surface area (Å²) in [5.74, 6) is 0.528. The van der Waals surface area contributed by atoms with E-state index in [4.69, 9.17) is 4.11 Å². The van der Waals surface area contributed by atoms with Crippen LogP contribution in [0.5, 0.6) is 0 Å². The maximum absolute atomic E-state index is 7.98. The Hall–Kier alpha value is -1.15. The number of hydrogen-bond donors (Lipinski definition) is 0. The highest BCUT2D eigenvalue weighted by atomic mass is 32.1. The molecule has 3 rings (SSSR count). The molecule has 1 fully saturated rings. The minimum absolute atomic E-state index is 0.491. The van der Waals surface area contributed by atoms with Gasteiger partial charge in [0, 0.05) is 29.5 Å². The molecule has 1 aliphatic rings. The predicted molar refractivity (Wildman–Crippen MR) is 85.9 cm³/mol. The fourth-order valence-corrected chi connectivity index (χ4v) is 4.51. The quantitative estimate of drug-likeness (QED) is 0.685. The molecule has 0 amide bonds. The van der Waals surface area contributed by atoms with Crippen LogP contribution in [-0.4, -0.2) is 0 Å². The molecule has 2 heteroatoms. The number of para-hydroxylation sites is 1. The van der Waals surface area contributed by atoms with Gasteiger partial charge in [0.15, 0.2) is 5.69 Å². The minimum Gasteiger partial charge on any atom is -0.152 e. The standard InChI is InChI=1S/C18H24NS/c1-13-9-7-8-12-17(13)19-14(2)18(20-15(19)3)16-10-5-4-6-11-16/h7-9,12,16H,4-6,10-11H2,1-3H3/q+1/i3D3. The molecule has 106 valence electrons. The molecule has 1 aliphatic carbocycles. The molecule has 1 aromatic heterocycles. The third-order valence-corrected chi connectivity index (χ3v) is 5.66. The monoisotopic (exact) mass is 289 g/mol. The Balaban J connectivity index is 2.17. The Labute approximate surface area is 130 Å². The van der Waals surface area contributed by atoms with Crippen molar-refractivity contribution in [1.29, 1.82) is 0 Å². The van der Waals surface area contributed by atoms with Gasteiger partial charge >= 0.3 is 0 Å². The highest BCUT2D eigenvalue weighted by Gasteiger charge is 2.29. The molecule has 0 aliphatic heterocycles. The van der Waals surface area contributed by atoms with E-state index in [1.165, 1.54) is 48.3 Å². The van der Waals surface area contributed by atoms with Crippen LogP contribution in [0.3, 0.4) is 0 Å². The van der Waals surface area contributed by atoms with E-state index in [0.717, 1.165) is 16.9 Å². The van der Waals surface area contributed by atoms with Crippen molar-refractivity contribution < 1.29 is 8.68 Å². The second kappa shape index (κ2) is 5.69. The molecule has 0 N–H and O–H groups in total. The van der Waals surface area contributed by atoms with Gasteiger partial charge in [-0.2, -0.15) is 4.57 Å². The van der Waals surface area contributed by atoms with Crippen LogP contribution in [0.1, 0.15) is 63.3 Å². The Morgan fingerprint density at radius 2 is 1.90 bits per heavy atom. The van der Waals surface area contributed by atoms with Gasteiger partial charge in [-0.25, -0.2) is 0 Å². The van der Waals surface area contributed by atoms with Gasteiger partial charge in [0.2, 0.25) is 10.7 Å². The van der Waals surface area contributed by atoms with E-state index in [2.05, 4.69) is 6.92 Å². The molecule has 0 atom stereocenters. The second-order valence-electron chi connectivity index (χ2n) is 5.81. The first-order valence-electron chi connectivity index (χ1n) is 9.01. The first kappa shape index (κ1) is 10.6. The van der Waals surface area contributed by atoms with Gasteiger partial charge in [0.25, 0.3) is 0 Å². The summed E-state index contributed by atoms with van der Waals surface area (Å²) in [5.41, 5.74) is 3.22. The molecule has 0 radical (unpaired) electrons. The summed E-state index contributed by atoms with van der Waals surface area (Å²) < 4.78 is 25.9. The van der Waals surface area contributed by atoms with E-state index in [1.54, 1.807) is 0 Å². The number of thiazole rings is 1. The lowest BCUT2D eigenvalue weighted by molar-refractivity contribution is -0.604. The maximum Gasteiger partial charge on any atom is 0.240 e. The van der Waals surface area contributed by atoms with Crippen molar-refractivity contribution in [2.75, 3.05) is 0 Å². The summed E-state index contributed by atoms with van der Waals surface area (Å²) in [6.45, 7) is 2.05. The van der Waals surface area contributed by atoms with Gasteiger partial charge in [-0.15, -0.1) is 0 Å². The van der Waals surface area contributed by atoms with Gasteiger partial charge < -0.3 is 0 Å². The van der Waals surface area contributed by atoms with E-state index in [0.29, 0.717) is 10.9 Å². The summed E-state index contributed by atoms with van der Waals surface area (Å²) in [6.07, 6.45) is 6.21. The van der Waals surface area contributed by atoms with Crippen LogP contribution in [0.2, 0.25) is 0 Å². The average molecular weight is 289 g/mol. The van der Waals surface area contributed by atoms with Gasteiger partial charge in [0.1, 0.15) is 0 Å². The predicted octanol–water partition coefficient (Wildman–Crippen LogP) is 5.00. The lowest BCUT2D eigenvalue weighted by Crippen LogP contribution is -2.35. The van der Waals surface area contributed by atoms with Crippen LogP contribution < -0.4 is 4.57 Å². The fraction of sp³-hybridized carbons (Fsp3) is 0.500. The largest absolute Gasteiger partial charge is 0.240 e. The minimum atomic E-state index is -2.08. The highest BCUT2D eigenvalue weighted by Crippen LogP contribution is 2.37. The molecule has 0 spiro atoms. The normalized spacial score (nSPS) is 19.4. The molecule has 0 unspecified atom stereocenters. The van der Waals surface area contributed by atoms with E-state index >= 15 is 0 Å². The molecule has 2 aromatic rings. The first-order chi connectivity index (χ1) is 10.9. The number of nitrogens with zero attached hydrogens (tertiary/aromatic N) is 1. The zero-order valence-electron chi connectivity index (χ0n) is 15.3. The van der Waals surface area contributed by atoms with Crippen molar-refractivity contribution in [2.45, 2.75) is 58.7 Å². The third-order valence-electron chi connectivity index (χ3n) is 4.43. The molecular weight excluding hydrogens is 262 g/mol. The van der Waals surface area contributed by atoms with Crippen LogP contribution in [0, 0.1) is 20.7 Å². The zero-order valence-corrected chi connectivity index (χ0v) is 13.1. The van der Waals surface area contributed by atoms with Crippen LogP contribution in [0.25, 0.3) is 5.69 Å². The van der Waals surface area contributed by atoms with Gasteiger partial charge in [-0.3, -0.25) is 0 Å². The summed E-state index contributed by atoms with van der Waals surface area (Å²) >= 11 is 1.50. The van der Waals surface area contributed by atoms with Crippen molar-refractivity contribution in [3.05, 3.63) is 45.4 Å². The number of benzene rings is 1. The number of aromatic nitrogens is 1. The van der Waals surface area contributed by atoms with Crippen LogP contribution >= 0.6 is 11.3 Å². The molecule has 1 aromatic carbocycles. The fourth-order valence-electron chi connectivity index (χ4n) is 3.33. The summed E-state index contributed by atoms with van der Waals surface area (Å²) in [6, 6.07) is 8.05. The molecule has 1 heterocycles. The Bertz CT molecular complexity index is 697. The van der Waals surface area contributed by atoms with Crippen molar-refractivity contribution in [1.82, 2.24) is 0 Å². The zero-order chi connectivity index (χ0) is 16.6. The molecule has 1 nitrogen and oxygen atoms in total. The maximum atomic E-state index is 7.98. The second-order valence-corrected chi connectivity index (χ2v) is 6.84. The molecule has 1 saturated carbocycles. The SMILES string of the molecule is [2H]C([2H])([2H])c1sc(C2CCCCC2)c(C)[n+]1-c1ccccc1C. The number of rotatable bonds is 2. The lowest BCUT2D eigenvalue weighted by atomic mass is 9.87. The van der Waals surface area contributed by atoms with Crippen LogP contribution in [0.4, 0.5) is 0 Å². The highest BCUT2D eigenvalue weighted by molar-refractivity contribution is 7.11. The lowest BCUT2D eigenvalue weighted by Gasteiger charge is -2.19. The van der Waals surface area contributed by atoms with Crippen molar-refractivity contribution in [3.63, 3.8) is 0 Å². The topological polar surface area (TPSA) is 3.88 Å². The van der Waals surface area contributed by atoms with Crippen molar-refractivity contribution >= 4 is 11.3 Å². The van der Waals surface area contributed by atoms with Crippen molar-refractivity contribution in [2.24, 2.45) is 0 Å². The van der Waals surface area contributed by atoms with Gasteiger partial charge in [-0.1, -0.05) is 48.8 Å². The first-order valence-corrected chi connectivity index (χ1v) is 8.33. The van der Waals surface area contributed by atoms with Crippen molar-refractivity contribution in [3.8, 4) is 5.69 Å². The Kier molecular flexibility index (Phi) is 3.00.